The van der Waals surface area contributed by atoms with Gasteiger partial charge in [0.15, 0.2) is 0 Å². The van der Waals surface area contributed by atoms with E-state index in [-0.39, 0.29) is 0 Å². The highest BCUT2D eigenvalue weighted by atomic mass is 32.2. The predicted octanol–water partition coefficient (Wildman–Crippen LogP) is 2.62. The van der Waals surface area contributed by atoms with Crippen LogP contribution in [0.15, 0.2) is 24.3 Å². The molecule has 2 rings (SSSR count). The van der Waals surface area contributed by atoms with Gasteiger partial charge >= 0.3 is 0 Å². The first kappa shape index (κ1) is 11.0. The highest BCUT2D eigenvalue weighted by Gasteiger charge is 2.22. The van der Waals surface area contributed by atoms with E-state index < -0.39 is 0 Å². The molecule has 82 valence electrons. The summed E-state index contributed by atoms with van der Waals surface area (Å²) in [5, 5.41) is 0. The van der Waals surface area contributed by atoms with Crippen LogP contribution >= 0.6 is 11.8 Å². The standard InChI is InChI=1S/C13H19NS/c1-10-2-4-11(5-3-10)8-13(14)12-6-7-15-9-12/h2-5,12-13H,6-9,14H2,1H3. The smallest absolute Gasteiger partial charge is 0.0116 e. The lowest BCUT2D eigenvalue weighted by atomic mass is 9.93. The van der Waals surface area contributed by atoms with Gasteiger partial charge in [0.1, 0.15) is 0 Å². The maximum Gasteiger partial charge on any atom is 0.0116 e. The maximum absolute atomic E-state index is 6.24. The summed E-state index contributed by atoms with van der Waals surface area (Å²) in [6, 6.07) is 9.11. The molecule has 0 amide bonds. The van der Waals surface area contributed by atoms with E-state index in [0.717, 1.165) is 12.3 Å². The van der Waals surface area contributed by atoms with Crippen molar-refractivity contribution >= 4 is 11.8 Å². The van der Waals surface area contributed by atoms with Crippen molar-refractivity contribution < 1.29 is 0 Å². The summed E-state index contributed by atoms with van der Waals surface area (Å²) in [6.07, 6.45) is 2.34. The Kier molecular flexibility index (Phi) is 3.71. The van der Waals surface area contributed by atoms with Crippen molar-refractivity contribution in [3.05, 3.63) is 35.4 Å². The van der Waals surface area contributed by atoms with Crippen molar-refractivity contribution in [2.24, 2.45) is 11.7 Å². The second kappa shape index (κ2) is 5.04. The number of hydrogen-bond acceptors (Lipinski definition) is 2. The molecule has 0 aromatic heterocycles. The van der Waals surface area contributed by atoms with Gasteiger partial charge < -0.3 is 5.73 Å². The molecule has 1 fully saturated rings. The molecule has 15 heavy (non-hydrogen) atoms. The summed E-state index contributed by atoms with van der Waals surface area (Å²) in [6.45, 7) is 2.12. The summed E-state index contributed by atoms with van der Waals surface area (Å²) in [4.78, 5) is 0. The molecule has 1 nitrogen and oxygen atoms in total. The van der Waals surface area contributed by atoms with Crippen LogP contribution < -0.4 is 5.73 Å². The van der Waals surface area contributed by atoms with Gasteiger partial charge in [0.2, 0.25) is 0 Å². The molecule has 2 N–H and O–H groups in total. The Bertz CT molecular complexity index is 301. The average molecular weight is 221 g/mol. The zero-order valence-electron chi connectivity index (χ0n) is 9.28. The Morgan fingerprint density at radius 3 is 2.73 bits per heavy atom. The van der Waals surface area contributed by atoms with Crippen LogP contribution in [-0.2, 0) is 6.42 Å². The van der Waals surface area contributed by atoms with Gasteiger partial charge in [-0.2, -0.15) is 11.8 Å². The molecule has 0 saturated carbocycles. The first-order chi connectivity index (χ1) is 7.25. The molecule has 0 radical (unpaired) electrons. The van der Waals surface area contributed by atoms with E-state index in [9.17, 15) is 0 Å². The highest BCUT2D eigenvalue weighted by molar-refractivity contribution is 7.99. The molecule has 2 unspecified atom stereocenters. The molecule has 1 saturated heterocycles. The fourth-order valence-corrected chi connectivity index (χ4v) is 3.41. The normalized spacial score (nSPS) is 22.9. The van der Waals surface area contributed by atoms with Crippen LogP contribution in [-0.4, -0.2) is 17.5 Å². The number of rotatable bonds is 3. The lowest BCUT2D eigenvalue weighted by molar-refractivity contribution is 0.463. The summed E-state index contributed by atoms with van der Waals surface area (Å²) in [5.74, 6) is 3.29. The van der Waals surface area contributed by atoms with E-state index in [1.54, 1.807) is 0 Å². The zero-order valence-corrected chi connectivity index (χ0v) is 10.1. The second-order valence-electron chi connectivity index (χ2n) is 4.48. The molecular formula is C13H19NS. The first-order valence-electron chi connectivity index (χ1n) is 5.64. The van der Waals surface area contributed by atoms with Gasteiger partial charge in [-0.05, 0) is 42.8 Å². The Balaban J connectivity index is 1.92. The zero-order chi connectivity index (χ0) is 10.7. The van der Waals surface area contributed by atoms with Gasteiger partial charge in [-0.25, -0.2) is 0 Å². The van der Waals surface area contributed by atoms with Gasteiger partial charge in [-0.3, -0.25) is 0 Å². The van der Waals surface area contributed by atoms with E-state index in [0.29, 0.717) is 6.04 Å². The molecule has 2 heteroatoms. The van der Waals surface area contributed by atoms with E-state index >= 15 is 0 Å². The number of benzene rings is 1. The molecule has 2 atom stereocenters. The Hall–Kier alpha value is -0.470. The second-order valence-corrected chi connectivity index (χ2v) is 5.63. The van der Waals surface area contributed by atoms with Crippen LogP contribution in [0.5, 0.6) is 0 Å². The van der Waals surface area contributed by atoms with Crippen molar-refractivity contribution in [1.29, 1.82) is 0 Å². The number of hydrogen-bond donors (Lipinski definition) is 1. The monoisotopic (exact) mass is 221 g/mol. The van der Waals surface area contributed by atoms with Gasteiger partial charge in [0, 0.05) is 6.04 Å². The van der Waals surface area contributed by atoms with Crippen molar-refractivity contribution in [1.82, 2.24) is 0 Å². The Morgan fingerprint density at radius 1 is 1.40 bits per heavy atom. The van der Waals surface area contributed by atoms with E-state index in [4.69, 9.17) is 5.73 Å². The quantitative estimate of drug-likeness (QED) is 0.849. The summed E-state index contributed by atoms with van der Waals surface area (Å²) < 4.78 is 0. The average Bonchev–Trinajstić information content (AvgIpc) is 2.74. The van der Waals surface area contributed by atoms with Crippen molar-refractivity contribution in [2.75, 3.05) is 11.5 Å². The molecule has 1 aliphatic heterocycles. The fraction of sp³-hybridized carbons (Fsp3) is 0.538. The van der Waals surface area contributed by atoms with Crippen molar-refractivity contribution in [3.8, 4) is 0 Å². The summed E-state index contributed by atoms with van der Waals surface area (Å²) >= 11 is 2.04. The number of thioether (sulfide) groups is 1. The van der Waals surface area contributed by atoms with Crippen molar-refractivity contribution in [2.45, 2.75) is 25.8 Å². The molecule has 1 aromatic rings. The van der Waals surface area contributed by atoms with E-state index in [2.05, 4.69) is 31.2 Å². The van der Waals surface area contributed by atoms with Gasteiger partial charge in [0.05, 0.1) is 0 Å². The van der Waals surface area contributed by atoms with Gasteiger partial charge in [-0.15, -0.1) is 0 Å². The molecule has 0 bridgehead atoms. The lowest BCUT2D eigenvalue weighted by Crippen LogP contribution is -2.32. The maximum atomic E-state index is 6.24. The van der Waals surface area contributed by atoms with Crippen LogP contribution in [0.3, 0.4) is 0 Å². The molecule has 1 heterocycles. The minimum atomic E-state index is 0.350. The summed E-state index contributed by atoms with van der Waals surface area (Å²) in [7, 11) is 0. The third-order valence-corrected chi connectivity index (χ3v) is 4.35. The minimum absolute atomic E-state index is 0.350. The predicted molar refractivity (Wildman–Crippen MR) is 68.3 cm³/mol. The molecule has 0 spiro atoms. The Labute approximate surface area is 96.4 Å². The van der Waals surface area contributed by atoms with Gasteiger partial charge in [0.25, 0.3) is 0 Å². The van der Waals surface area contributed by atoms with E-state index in [1.807, 2.05) is 11.8 Å². The number of nitrogens with two attached hydrogens (primary N) is 1. The van der Waals surface area contributed by atoms with E-state index in [1.165, 1.54) is 29.1 Å². The van der Waals surface area contributed by atoms with Crippen LogP contribution in [0.4, 0.5) is 0 Å². The molecular weight excluding hydrogens is 202 g/mol. The Morgan fingerprint density at radius 2 is 2.13 bits per heavy atom. The molecule has 0 aliphatic carbocycles. The van der Waals surface area contributed by atoms with Crippen LogP contribution in [0.1, 0.15) is 17.5 Å². The number of aryl methyl sites for hydroxylation is 1. The highest BCUT2D eigenvalue weighted by Crippen LogP contribution is 2.26. The van der Waals surface area contributed by atoms with Gasteiger partial charge in [-0.1, -0.05) is 29.8 Å². The van der Waals surface area contributed by atoms with Crippen molar-refractivity contribution in [3.63, 3.8) is 0 Å². The molecule has 1 aromatic carbocycles. The third-order valence-electron chi connectivity index (χ3n) is 3.16. The minimum Gasteiger partial charge on any atom is -0.327 e. The molecule has 1 aliphatic rings. The lowest BCUT2D eigenvalue weighted by Gasteiger charge is -2.18. The SMILES string of the molecule is Cc1ccc(CC(N)C2CCSC2)cc1. The largest absolute Gasteiger partial charge is 0.327 e. The first-order valence-corrected chi connectivity index (χ1v) is 6.80. The third kappa shape index (κ3) is 2.99. The van der Waals surface area contributed by atoms with Crippen LogP contribution in [0.25, 0.3) is 0 Å². The topological polar surface area (TPSA) is 26.0 Å². The van der Waals surface area contributed by atoms with Crippen LogP contribution in [0.2, 0.25) is 0 Å². The summed E-state index contributed by atoms with van der Waals surface area (Å²) in [5.41, 5.74) is 8.94. The van der Waals surface area contributed by atoms with Crippen LogP contribution in [0, 0.1) is 12.8 Å². The fourth-order valence-electron chi connectivity index (χ4n) is 2.05.